The van der Waals surface area contributed by atoms with Gasteiger partial charge in [-0.1, -0.05) is 77.9 Å². The summed E-state index contributed by atoms with van der Waals surface area (Å²) in [5.74, 6) is 0. The summed E-state index contributed by atoms with van der Waals surface area (Å²) in [5.41, 5.74) is 5.43. The third-order valence-corrected chi connectivity index (χ3v) is 9.10. The van der Waals surface area contributed by atoms with Crippen LogP contribution in [0.4, 0.5) is 18.9 Å². The van der Waals surface area contributed by atoms with Crippen molar-refractivity contribution in [3.8, 4) is 28.6 Å². The standard InChI is InChI=1S/C41H25F3N4/c1-24-15-17-36-29(19-24)27-9-4-6-13-34(27)47(36)38-21-26(40-32(41(42,43)44)11-8-12-33(40)46-3)22-39(31(38)23-45)48-35-14-7-5-10-28(35)30-20-25(2)16-18-37(30)48/h4-22H,1-2H3. The second-order valence-corrected chi connectivity index (χ2v) is 12.1. The first kappa shape index (κ1) is 29.1. The molecule has 0 aliphatic carbocycles. The van der Waals surface area contributed by atoms with Gasteiger partial charge in [0, 0.05) is 21.5 Å². The molecule has 0 unspecified atom stereocenters. The topological polar surface area (TPSA) is 38.0 Å². The van der Waals surface area contributed by atoms with Gasteiger partial charge in [0.15, 0.2) is 5.69 Å². The zero-order valence-electron chi connectivity index (χ0n) is 25.9. The van der Waals surface area contributed by atoms with E-state index in [1.165, 1.54) is 12.1 Å². The quantitative estimate of drug-likeness (QED) is 0.179. The fraction of sp³-hybridized carbons (Fsp3) is 0.0732. The predicted octanol–water partition coefficient (Wildman–Crippen LogP) is 11.6. The summed E-state index contributed by atoms with van der Waals surface area (Å²) in [5, 5.41) is 14.9. The number of aryl methyl sites for hydroxylation is 2. The molecule has 0 spiro atoms. The van der Waals surface area contributed by atoms with E-state index in [0.717, 1.165) is 60.8 Å². The van der Waals surface area contributed by atoms with Crippen molar-refractivity contribution >= 4 is 49.3 Å². The Balaban J connectivity index is 1.61. The van der Waals surface area contributed by atoms with Crippen LogP contribution in [0.3, 0.4) is 0 Å². The number of rotatable bonds is 3. The number of benzene rings is 6. The van der Waals surface area contributed by atoms with Crippen molar-refractivity contribution in [2.24, 2.45) is 0 Å². The number of nitriles is 1. The molecular formula is C41H25F3N4. The van der Waals surface area contributed by atoms with Gasteiger partial charge < -0.3 is 9.13 Å². The molecule has 0 saturated heterocycles. The van der Waals surface area contributed by atoms with Gasteiger partial charge in [0.25, 0.3) is 0 Å². The highest BCUT2D eigenvalue weighted by Gasteiger charge is 2.35. The van der Waals surface area contributed by atoms with Crippen LogP contribution >= 0.6 is 0 Å². The fourth-order valence-corrected chi connectivity index (χ4v) is 7.09. The summed E-state index contributed by atoms with van der Waals surface area (Å²) in [4.78, 5) is 3.54. The van der Waals surface area contributed by atoms with Crippen LogP contribution in [0.2, 0.25) is 0 Å². The molecule has 0 amide bonds. The zero-order chi connectivity index (χ0) is 33.3. The molecule has 4 nitrogen and oxygen atoms in total. The summed E-state index contributed by atoms with van der Waals surface area (Å²) in [7, 11) is 0. The first-order valence-corrected chi connectivity index (χ1v) is 15.4. The van der Waals surface area contributed by atoms with Crippen LogP contribution < -0.4 is 0 Å². The van der Waals surface area contributed by atoms with Crippen molar-refractivity contribution in [2.75, 3.05) is 0 Å². The number of hydrogen-bond acceptors (Lipinski definition) is 1. The second kappa shape index (κ2) is 10.6. The molecule has 8 aromatic rings. The average Bonchev–Trinajstić information content (AvgIpc) is 3.59. The summed E-state index contributed by atoms with van der Waals surface area (Å²) in [6, 6.07) is 37.1. The number of alkyl halides is 3. The van der Waals surface area contributed by atoms with Gasteiger partial charge in [0.05, 0.1) is 45.6 Å². The van der Waals surface area contributed by atoms with Crippen LogP contribution in [-0.4, -0.2) is 9.13 Å². The van der Waals surface area contributed by atoms with E-state index in [1.807, 2.05) is 95.8 Å². The highest BCUT2D eigenvalue weighted by atomic mass is 19.4. The molecule has 48 heavy (non-hydrogen) atoms. The summed E-state index contributed by atoms with van der Waals surface area (Å²) < 4.78 is 48.0. The molecule has 7 heteroatoms. The van der Waals surface area contributed by atoms with Crippen molar-refractivity contribution in [3.63, 3.8) is 0 Å². The van der Waals surface area contributed by atoms with Crippen LogP contribution in [0.25, 0.3) is 71.0 Å². The molecule has 6 aromatic carbocycles. The molecule has 230 valence electrons. The number of para-hydroxylation sites is 2. The van der Waals surface area contributed by atoms with Crippen LogP contribution in [0.5, 0.6) is 0 Å². The van der Waals surface area contributed by atoms with Crippen LogP contribution in [0, 0.1) is 31.8 Å². The van der Waals surface area contributed by atoms with Crippen LogP contribution in [0.15, 0.2) is 115 Å². The Bertz CT molecular complexity index is 2570. The number of fused-ring (bicyclic) bond motifs is 6. The SMILES string of the molecule is [C-]#[N+]c1cccc(C(F)(F)F)c1-c1cc(-n2c3ccccc3c3cc(C)ccc32)c(C#N)c(-n2c3ccccc3c3cc(C)ccc32)c1. The number of nitrogens with zero attached hydrogens (tertiary/aromatic N) is 4. The number of halogens is 3. The van der Waals surface area contributed by atoms with Gasteiger partial charge in [-0.25, -0.2) is 4.85 Å². The van der Waals surface area contributed by atoms with Crippen LogP contribution in [0.1, 0.15) is 22.3 Å². The van der Waals surface area contributed by atoms with E-state index < -0.39 is 11.7 Å². The maximum atomic E-state index is 14.7. The van der Waals surface area contributed by atoms with Crippen molar-refractivity contribution in [1.82, 2.24) is 9.13 Å². The van der Waals surface area contributed by atoms with Crippen molar-refractivity contribution < 1.29 is 13.2 Å². The Kier molecular flexibility index (Phi) is 6.44. The summed E-state index contributed by atoms with van der Waals surface area (Å²) >= 11 is 0. The van der Waals surface area contributed by atoms with Gasteiger partial charge in [-0.15, -0.1) is 0 Å². The normalized spacial score (nSPS) is 11.8. The lowest BCUT2D eigenvalue weighted by Crippen LogP contribution is -2.09. The Morgan fingerprint density at radius 2 is 1.12 bits per heavy atom. The number of aromatic nitrogens is 2. The lowest BCUT2D eigenvalue weighted by Gasteiger charge is -2.20. The molecule has 0 radical (unpaired) electrons. The molecule has 0 aliphatic heterocycles. The molecule has 0 atom stereocenters. The summed E-state index contributed by atoms with van der Waals surface area (Å²) in [6.07, 6.45) is -4.72. The van der Waals surface area contributed by atoms with Gasteiger partial charge in [0.1, 0.15) is 11.6 Å². The summed E-state index contributed by atoms with van der Waals surface area (Å²) in [6.45, 7) is 11.9. The van der Waals surface area contributed by atoms with Gasteiger partial charge in [-0.2, -0.15) is 18.4 Å². The molecule has 0 fully saturated rings. The predicted molar refractivity (Wildman–Crippen MR) is 186 cm³/mol. The van der Waals surface area contributed by atoms with E-state index in [4.69, 9.17) is 6.57 Å². The van der Waals surface area contributed by atoms with Crippen molar-refractivity contribution in [3.05, 3.63) is 149 Å². The van der Waals surface area contributed by atoms with E-state index in [2.05, 4.69) is 23.0 Å². The van der Waals surface area contributed by atoms with Gasteiger partial charge >= 0.3 is 6.18 Å². The minimum Gasteiger partial charge on any atom is -0.308 e. The molecule has 2 aromatic heterocycles. The van der Waals surface area contributed by atoms with E-state index in [-0.39, 0.29) is 16.8 Å². The average molecular weight is 631 g/mol. The molecule has 8 rings (SSSR count). The monoisotopic (exact) mass is 630 g/mol. The Labute approximate surface area is 273 Å². The van der Waals surface area contributed by atoms with Gasteiger partial charge in [0.2, 0.25) is 0 Å². The van der Waals surface area contributed by atoms with E-state index in [1.54, 1.807) is 12.1 Å². The molecule has 0 N–H and O–H groups in total. The molecule has 0 aliphatic rings. The maximum absolute atomic E-state index is 14.7. The van der Waals surface area contributed by atoms with Gasteiger partial charge in [-0.05, 0) is 73.5 Å². The second-order valence-electron chi connectivity index (χ2n) is 12.1. The third kappa shape index (κ3) is 4.29. The molecule has 0 bridgehead atoms. The Morgan fingerprint density at radius 3 is 1.60 bits per heavy atom. The minimum atomic E-state index is -4.72. The lowest BCUT2D eigenvalue weighted by atomic mass is 9.94. The zero-order valence-corrected chi connectivity index (χ0v) is 25.9. The first-order valence-electron chi connectivity index (χ1n) is 15.4. The molecule has 0 saturated carbocycles. The van der Waals surface area contributed by atoms with E-state index >= 15 is 0 Å². The highest BCUT2D eigenvalue weighted by Crippen LogP contribution is 2.46. The number of hydrogen-bond donors (Lipinski definition) is 0. The Hall–Kier alpha value is -6.31. The highest BCUT2D eigenvalue weighted by molar-refractivity contribution is 6.11. The van der Waals surface area contributed by atoms with E-state index in [9.17, 15) is 18.4 Å². The van der Waals surface area contributed by atoms with E-state index in [0.29, 0.717) is 16.9 Å². The Morgan fingerprint density at radius 1 is 0.625 bits per heavy atom. The van der Waals surface area contributed by atoms with Gasteiger partial charge in [-0.3, -0.25) is 0 Å². The third-order valence-electron chi connectivity index (χ3n) is 9.10. The minimum absolute atomic E-state index is 0.123. The smallest absolute Gasteiger partial charge is 0.308 e. The van der Waals surface area contributed by atoms with Crippen LogP contribution in [-0.2, 0) is 6.18 Å². The van der Waals surface area contributed by atoms with Crippen molar-refractivity contribution in [1.29, 1.82) is 5.26 Å². The largest absolute Gasteiger partial charge is 0.415 e. The molecule has 2 heterocycles. The van der Waals surface area contributed by atoms with Crippen molar-refractivity contribution in [2.45, 2.75) is 20.0 Å². The first-order chi connectivity index (χ1) is 23.2. The molecular weight excluding hydrogens is 605 g/mol. The fourth-order valence-electron chi connectivity index (χ4n) is 7.09. The lowest BCUT2D eigenvalue weighted by molar-refractivity contribution is -0.137. The maximum Gasteiger partial charge on any atom is 0.415 e.